The molecule has 1 amide bonds. The van der Waals surface area contributed by atoms with Crippen molar-refractivity contribution in [3.63, 3.8) is 0 Å². The fourth-order valence-corrected chi connectivity index (χ4v) is 3.46. The van der Waals surface area contributed by atoms with Gasteiger partial charge < -0.3 is 11.1 Å². The van der Waals surface area contributed by atoms with Gasteiger partial charge in [-0.05, 0) is 31.4 Å². The minimum atomic E-state index is -0.612. The van der Waals surface area contributed by atoms with E-state index in [9.17, 15) is 4.79 Å². The molecule has 2 aromatic carbocycles. The fourth-order valence-electron chi connectivity index (χ4n) is 3.46. The third-order valence-corrected chi connectivity index (χ3v) is 5.00. The van der Waals surface area contributed by atoms with Gasteiger partial charge in [-0.25, -0.2) is 0 Å². The lowest BCUT2D eigenvalue weighted by atomic mass is 10.0. The summed E-state index contributed by atoms with van der Waals surface area (Å²) in [4.78, 5) is 14.9. The third-order valence-electron chi connectivity index (χ3n) is 5.00. The van der Waals surface area contributed by atoms with Crippen LogP contribution in [0.5, 0.6) is 0 Å². The molecule has 1 heterocycles. The van der Waals surface area contributed by atoms with Crippen molar-refractivity contribution in [2.45, 2.75) is 44.9 Å². The van der Waals surface area contributed by atoms with E-state index in [0.717, 1.165) is 30.6 Å². The van der Waals surface area contributed by atoms with Gasteiger partial charge in [-0.15, -0.1) is 0 Å². The third kappa shape index (κ3) is 4.47. The largest absolute Gasteiger partial charge is 0.350 e. The van der Waals surface area contributed by atoms with E-state index in [1.54, 1.807) is 0 Å². The number of nitrogens with zero attached hydrogens (tertiary/aromatic N) is 1. The van der Waals surface area contributed by atoms with Gasteiger partial charge in [0, 0.05) is 25.2 Å². The van der Waals surface area contributed by atoms with E-state index in [1.807, 2.05) is 37.3 Å². The Bertz CT molecular complexity index is 699. The highest BCUT2D eigenvalue weighted by molar-refractivity contribution is 5.83. The molecule has 0 aliphatic carbocycles. The molecule has 132 valence electrons. The van der Waals surface area contributed by atoms with Crippen LogP contribution in [-0.4, -0.2) is 29.4 Å². The maximum Gasteiger partial charge on any atom is 0.241 e. The normalized spacial score (nSPS) is 21.9. The topological polar surface area (TPSA) is 58.4 Å². The number of aryl methyl sites for hydroxylation is 1. The first-order valence-electron chi connectivity index (χ1n) is 8.93. The molecule has 25 heavy (non-hydrogen) atoms. The van der Waals surface area contributed by atoms with Gasteiger partial charge in [-0.1, -0.05) is 60.2 Å². The molecular formula is C21H27N3O. The Labute approximate surface area is 150 Å². The monoisotopic (exact) mass is 337 g/mol. The summed E-state index contributed by atoms with van der Waals surface area (Å²) in [5.41, 5.74) is 9.46. The molecule has 0 radical (unpaired) electrons. The second-order valence-corrected chi connectivity index (χ2v) is 7.09. The molecule has 4 nitrogen and oxygen atoms in total. The molecule has 0 aromatic heterocycles. The number of nitrogens with one attached hydrogen (secondary N) is 1. The fraction of sp³-hybridized carbons (Fsp3) is 0.381. The molecule has 0 spiro atoms. The summed E-state index contributed by atoms with van der Waals surface area (Å²) in [6.07, 6.45) is 0.958. The summed E-state index contributed by atoms with van der Waals surface area (Å²) in [5, 5.41) is 3.13. The molecular weight excluding hydrogens is 310 g/mol. The van der Waals surface area contributed by atoms with Crippen molar-refractivity contribution in [3.05, 3.63) is 71.3 Å². The molecule has 2 aromatic rings. The second-order valence-electron chi connectivity index (χ2n) is 7.09. The average Bonchev–Trinajstić information content (AvgIpc) is 2.95. The van der Waals surface area contributed by atoms with Crippen LogP contribution in [0.15, 0.2) is 54.6 Å². The van der Waals surface area contributed by atoms with Gasteiger partial charge in [-0.2, -0.15) is 0 Å². The van der Waals surface area contributed by atoms with E-state index in [2.05, 4.69) is 41.4 Å². The Balaban J connectivity index is 1.56. The first kappa shape index (κ1) is 17.6. The summed E-state index contributed by atoms with van der Waals surface area (Å²) >= 11 is 0. The van der Waals surface area contributed by atoms with E-state index in [1.165, 1.54) is 5.56 Å². The van der Waals surface area contributed by atoms with Crippen molar-refractivity contribution in [1.29, 1.82) is 0 Å². The molecule has 3 N–H and O–H groups in total. The number of nitrogens with two attached hydrogens (primary N) is 1. The Morgan fingerprint density at radius 2 is 1.88 bits per heavy atom. The van der Waals surface area contributed by atoms with Crippen molar-refractivity contribution >= 4 is 5.91 Å². The average molecular weight is 337 g/mol. The summed E-state index contributed by atoms with van der Waals surface area (Å²) in [5.74, 6) is -0.0948. The molecule has 1 aliphatic rings. The van der Waals surface area contributed by atoms with Crippen LogP contribution in [0.25, 0.3) is 0 Å². The zero-order chi connectivity index (χ0) is 17.8. The van der Waals surface area contributed by atoms with Gasteiger partial charge >= 0.3 is 0 Å². The SMILES string of the molecule is Cc1ccc(C(N)C(=O)NC2CC(C)N(Cc3ccccc3)C2)cc1. The van der Waals surface area contributed by atoms with Crippen molar-refractivity contribution in [1.82, 2.24) is 10.2 Å². The van der Waals surface area contributed by atoms with Gasteiger partial charge in [0.25, 0.3) is 0 Å². The molecule has 3 atom stereocenters. The van der Waals surface area contributed by atoms with E-state index in [-0.39, 0.29) is 11.9 Å². The number of amides is 1. The van der Waals surface area contributed by atoms with Crippen LogP contribution in [0, 0.1) is 6.92 Å². The maximum atomic E-state index is 12.5. The summed E-state index contributed by atoms with van der Waals surface area (Å²) < 4.78 is 0. The molecule has 1 saturated heterocycles. The number of hydrogen-bond donors (Lipinski definition) is 2. The lowest BCUT2D eigenvalue weighted by Crippen LogP contribution is -2.42. The van der Waals surface area contributed by atoms with Gasteiger partial charge in [0.2, 0.25) is 5.91 Å². The van der Waals surface area contributed by atoms with Crippen LogP contribution < -0.4 is 11.1 Å². The van der Waals surface area contributed by atoms with Crippen LogP contribution in [0.1, 0.15) is 36.1 Å². The van der Waals surface area contributed by atoms with Crippen molar-refractivity contribution in [2.75, 3.05) is 6.54 Å². The molecule has 3 rings (SSSR count). The van der Waals surface area contributed by atoms with Gasteiger partial charge in [0.15, 0.2) is 0 Å². The zero-order valence-corrected chi connectivity index (χ0v) is 15.0. The highest BCUT2D eigenvalue weighted by Gasteiger charge is 2.31. The van der Waals surface area contributed by atoms with Gasteiger partial charge in [-0.3, -0.25) is 9.69 Å². The quantitative estimate of drug-likeness (QED) is 0.882. The van der Waals surface area contributed by atoms with Crippen LogP contribution >= 0.6 is 0 Å². The number of hydrogen-bond acceptors (Lipinski definition) is 3. The van der Waals surface area contributed by atoms with Crippen LogP contribution in [0.3, 0.4) is 0 Å². The molecule has 1 fully saturated rings. The number of benzene rings is 2. The molecule has 0 saturated carbocycles. The lowest BCUT2D eigenvalue weighted by molar-refractivity contribution is -0.123. The predicted molar refractivity (Wildman–Crippen MR) is 101 cm³/mol. The van der Waals surface area contributed by atoms with Gasteiger partial charge in [0.1, 0.15) is 6.04 Å². The highest BCUT2D eigenvalue weighted by Crippen LogP contribution is 2.21. The first-order valence-corrected chi connectivity index (χ1v) is 8.93. The van der Waals surface area contributed by atoms with E-state index in [4.69, 9.17) is 5.73 Å². The maximum absolute atomic E-state index is 12.5. The highest BCUT2D eigenvalue weighted by atomic mass is 16.2. The minimum absolute atomic E-state index is 0.0948. The molecule has 0 bridgehead atoms. The summed E-state index contributed by atoms with van der Waals surface area (Å²) in [6.45, 7) is 6.02. The zero-order valence-electron chi connectivity index (χ0n) is 15.0. The standard InChI is InChI=1S/C21H27N3O/c1-15-8-10-18(11-9-15)20(22)21(25)23-19-12-16(2)24(14-19)13-17-6-4-3-5-7-17/h3-11,16,19-20H,12-14,22H2,1-2H3,(H,23,25). The Morgan fingerprint density at radius 1 is 1.20 bits per heavy atom. The summed E-state index contributed by atoms with van der Waals surface area (Å²) in [6, 6.07) is 18.3. The second kappa shape index (κ2) is 7.81. The van der Waals surface area contributed by atoms with Crippen molar-refractivity contribution < 1.29 is 4.79 Å². The van der Waals surface area contributed by atoms with E-state index >= 15 is 0 Å². The molecule has 1 aliphatic heterocycles. The predicted octanol–water partition coefficient (Wildman–Crippen LogP) is 2.77. The van der Waals surface area contributed by atoms with E-state index in [0.29, 0.717) is 6.04 Å². The van der Waals surface area contributed by atoms with Crippen LogP contribution in [0.2, 0.25) is 0 Å². The molecule has 4 heteroatoms. The Kier molecular flexibility index (Phi) is 5.51. The minimum Gasteiger partial charge on any atom is -0.350 e. The molecule has 3 unspecified atom stereocenters. The van der Waals surface area contributed by atoms with E-state index < -0.39 is 6.04 Å². The first-order chi connectivity index (χ1) is 12.0. The number of rotatable bonds is 5. The van der Waals surface area contributed by atoms with Crippen molar-refractivity contribution in [2.24, 2.45) is 5.73 Å². The number of likely N-dealkylation sites (tertiary alicyclic amines) is 1. The Morgan fingerprint density at radius 3 is 2.56 bits per heavy atom. The Hall–Kier alpha value is -2.17. The van der Waals surface area contributed by atoms with Crippen LogP contribution in [0.4, 0.5) is 0 Å². The van der Waals surface area contributed by atoms with Gasteiger partial charge in [0.05, 0.1) is 0 Å². The summed E-state index contributed by atoms with van der Waals surface area (Å²) in [7, 11) is 0. The van der Waals surface area contributed by atoms with Crippen molar-refractivity contribution in [3.8, 4) is 0 Å². The number of carbonyl (C=O) groups excluding carboxylic acids is 1. The number of carbonyl (C=O) groups is 1. The van der Waals surface area contributed by atoms with Crippen LogP contribution in [-0.2, 0) is 11.3 Å². The lowest BCUT2D eigenvalue weighted by Gasteiger charge is -2.21. The smallest absolute Gasteiger partial charge is 0.241 e.